The van der Waals surface area contributed by atoms with E-state index in [2.05, 4.69) is 19.9 Å². The van der Waals surface area contributed by atoms with Gasteiger partial charge in [-0.1, -0.05) is 24.3 Å². The average Bonchev–Trinajstić information content (AvgIpc) is 3.24. The first-order valence-corrected chi connectivity index (χ1v) is 10.4. The van der Waals surface area contributed by atoms with Crippen LogP contribution in [0.15, 0.2) is 54.9 Å². The van der Waals surface area contributed by atoms with Gasteiger partial charge in [0.25, 0.3) is 0 Å². The van der Waals surface area contributed by atoms with Gasteiger partial charge in [-0.3, -0.25) is 4.79 Å². The molecule has 0 aliphatic carbocycles. The first-order valence-electron chi connectivity index (χ1n) is 10.4. The minimum Gasteiger partial charge on any atom is -0.474 e. The van der Waals surface area contributed by atoms with Crippen LogP contribution in [0.25, 0.3) is 21.9 Å². The van der Waals surface area contributed by atoms with E-state index in [4.69, 9.17) is 9.47 Å². The summed E-state index contributed by atoms with van der Waals surface area (Å²) >= 11 is 0. The Kier molecular flexibility index (Phi) is 5.45. The summed E-state index contributed by atoms with van der Waals surface area (Å²) in [7, 11) is 0. The number of imidazole rings is 1. The van der Waals surface area contributed by atoms with Crippen molar-refractivity contribution in [3.8, 4) is 5.88 Å². The summed E-state index contributed by atoms with van der Waals surface area (Å²) in [5, 5.41) is 0.861. The van der Waals surface area contributed by atoms with E-state index >= 15 is 0 Å². The summed E-state index contributed by atoms with van der Waals surface area (Å²) < 4.78 is 11.7. The molecule has 8 heteroatoms. The molecular formula is C23H23N5O3. The van der Waals surface area contributed by atoms with E-state index in [1.807, 2.05) is 53.4 Å². The number of benzene rings is 2. The molecule has 3 heterocycles. The lowest BCUT2D eigenvalue weighted by atomic mass is 10.2. The predicted octanol–water partition coefficient (Wildman–Crippen LogP) is 2.75. The number of fused-ring (bicyclic) bond motifs is 2. The molecule has 1 amide bonds. The van der Waals surface area contributed by atoms with E-state index in [0.717, 1.165) is 27.8 Å². The molecule has 2 aromatic carbocycles. The Hall–Kier alpha value is -3.52. The molecule has 1 aliphatic heterocycles. The molecule has 1 saturated heterocycles. The number of aromatic nitrogens is 4. The van der Waals surface area contributed by atoms with Crippen LogP contribution in [-0.4, -0.2) is 63.2 Å². The average molecular weight is 417 g/mol. The number of carbonyl (C=O) groups is 1. The van der Waals surface area contributed by atoms with Crippen LogP contribution in [0.4, 0.5) is 0 Å². The van der Waals surface area contributed by atoms with E-state index in [1.54, 1.807) is 0 Å². The third kappa shape index (κ3) is 4.34. The van der Waals surface area contributed by atoms with Crippen molar-refractivity contribution < 1.29 is 14.3 Å². The number of morpholine rings is 1. The minimum absolute atomic E-state index is 0.0984. The highest BCUT2D eigenvalue weighted by Crippen LogP contribution is 2.21. The molecule has 1 unspecified atom stereocenters. The van der Waals surface area contributed by atoms with Crippen LogP contribution < -0.4 is 4.74 Å². The van der Waals surface area contributed by atoms with Crippen molar-refractivity contribution in [1.82, 2.24) is 24.8 Å². The summed E-state index contributed by atoms with van der Waals surface area (Å²) in [4.78, 5) is 30.9. The first-order chi connectivity index (χ1) is 15.3. The first kappa shape index (κ1) is 19.4. The van der Waals surface area contributed by atoms with Crippen LogP contribution in [0, 0.1) is 0 Å². The van der Waals surface area contributed by atoms with Crippen molar-refractivity contribution in [2.24, 2.45) is 0 Å². The van der Waals surface area contributed by atoms with Crippen molar-refractivity contribution in [2.75, 3.05) is 26.3 Å². The Morgan fingerprint density at radius 1 is 1.13 bits per heavy atom. The van der Waals surface area contributed by atoms with Crippen LogP contribution in [0.1, 0.15) is 12.2 Å². The number of amides is 1. The molecule has 158 valence electrons. The highest BCUT2D eigenvalue weighted by Gasteiger charge is 2.25. The molecule has 4 aromatic rings. The molecule has 31 heavy (non-hydrogen) atoms. The number of ether oxygens (including phenoxy) is 2. The van der Waals surface area contributed by atoms with Gasteiger partial charge in [0.15, 0.2) is 0 Å². The van der Waals surface area contributed by atoms with E-state index in [1.165, 1.54) is 6.33 Å². The SMILES string of the molecule is O=C(CCc1nc2ccccc2[nH]1)N1CCOC(COc2ncnc3ccccc23)C1. The third-order valence-corrected chi connectivity index (χ3v) is 5.42. The number of aryl methyl sites for hydroxylation is 1. The number of hydrogen-bond acceptors (Lipinski definition) is 6. The fraction of sp³-hybridized carbons (Fsp3) is 0.304. The Bertz CT molecular complexity index is 1170. The lowest BCUT2D eigenvalue weighted by Gasteiger charge is -2.32. The number of rotatable bonds is 6. The van der Waals surface area contributed by atoms with Crippen molar-refractivity contribution in [2.45, 2.75) is 18.9 Å². The molecule has 0 spiro atoms. The molecule has 1 N–H and O–H groups in total. The summed E-state index contributed by atoms with van der Waals surface area (Å²) in [6.45, 7) is 1.91. The van der Waals surface area contributed by atoms with Gasteiger partial charge >= 0.3 is 0 Å². The number of nitrogens with zero attached hydrogens (tertiary/aromatic N) is 4. The quantitative estimate of drug-likeness (QED) is 0.519. The van der Waals surface area contributed by atoms with Crippen molar-refractivity contribution in [1.29, 1.82) is 0 Å². The van der Waals surface area contributed by atoms with E-state index in [-0.39, 0.29) is 12.0 Å². The highest BCUT2D eigenvalue weighted by molar-refractivity contribution is 5.83. The number of H-pyrrole nitrogens is 1. The Balaban J connectivity index is 1.16. The van der Waals surface area contributed by atoms with E-state index < -0.39 is 0 Å². The monoisotopic (exact) mass is 417 g/mol. The van der Waals surface area contributed by atoms with Crippen LogP contribution >= 0.6 is 0 Å². The molecule has 8 nitrogen and oxygen atoms in total. The third-order valence-electron chi connectivity index (χ3n) is 5.42. The fourth-order valence-electron chi connectivity index (χ4n) is 3.82. The lowest BCUT2D eigenvalue weighted by molar-refractivity contribution is -0.139. The predicted molar refractivity (Wildman–Crippen MR) is 116 cm³/mol. The molecule has 5 rings (SSSR count). The number of aromatic amines is 1. The second kappa shape index (κ2) is 8.69. The Labute approximate surface area is 179 Å². The van der Waals surface area contributed by atoms with Gasteiger partial charge < -0.3 is 19.4 Å². The van der Waals surface area contributed by atoms with Gasteiger partial charge in [-0.2, -0.15) is 0 Å². The van der Waals surface area contributed by atoms with Gasteiger partial charge in [-0.05, 0) is 24.3 Å². The Morgan fingerprint density at radius 3 is 2.87 bits per heavy atom. The highest BCUT2D eigenvalue weighted by atomic mass is 16.5. The molecule has 0 saturated carbocycles. The largest absolute Gasteiger partial charge is 0.474 e. The number of nitrogens with one attached hydrogen (secondary N) is 1. The number of hydrogen-bond donors (Lipinski definition) is 1. The molecule has 0 bridgehead atoms. The topological polar surface area (TPSA) is 93.2 Å². The summed E-state index contributed by atoms with van der Waals surface area (Å²) in [5.74, 6) is 1.46. The maximum atomic E-state index is 12.7. The maximum Gasteiger partial charge on any atom is 0.224 e. The van der Waals surface area contributed by atoms with Gasteiger partial charge in [0, 0.05) is 19.4 Å². The standard InChI is InChI=1S/C23H23N5O3/c29-22(10-9-21-26-19-7-3-4-8-20(19)27-21)28-11-12-30-16(13-28)14-31-23-17-5-1-2-6-18(17)24-15-25-23/h1-8,15-16H,9-14H2,(H,26,27). The van der Waals surface area contributed by atoms with Crippen LogP contribution in [-0.2, 0) is 16.0 Å². The molecule has 0 radical (unpaired) electrons. The van der Waals surface area contributed by atoms with Gasteiger partial charge in [-0.25, -0.2) is 15.0 Å². The van der Waals surface area contributed by atoms with Gasteiger partial charge in [-0.15, -0.1) is 0 Å². The van der Waals surface area contributed by atoms with Crippen molar-refractivity contribution in [3.63, 3.8) is 0 Å². The minimum atomic E-state index is -0.197. The summed E-state index contributed by atoms with van der Waals surface area (Å²) in [6, 6.07) is 15.6. The lowest BCUT2D eigenvalue weighted by Crippen LogP contribution is -2.47. The zero-order valence-corrected chi connectivity index (χ0v) is 17.0. The van der Waals surface area contributed by atoms with Gasteiger partial charge in [0.1, 0.15) is 24.9 Å². The molecular weight excluding hydrogens is 394 g/mol. The number of carbonyl (C=O) groups excluding carboxylic acids is 1. The zero-order valence-electron chi connectivity index (χ0n) is 17.0. The van der Waals surface area contributed by atoms with Crippen molar-refractivity contribution >= 4 is 27.8 Å². The Morgan fingerprint density at radius 2 is 1.97 bits per heavy atom. The van der Waals surface area contributed by atoms with E-state index in [9.17, 15) is 4.79 Å². The molecule has 1 aliphatic rings. The van der Waals surface area contributed by atoms with Crippen LogP contribution in [0.3, 0.4) is 0 Å². The summed E-state index contributed by atoms with van der Waals surface area (Å²) in [6.07, 6.45) is 2.29. The molecule has 2 aromatic heterocycles. The van der Waals surface area contributed by atoms with Crippen LogP contribution in [0.5, 0.6) is 5.88 Å². The second-order valence-corrected chi connectivity index (χ2v) is 7.54. The van der Waals surface area contributed by atoms with Gasteiger partial charge in [0.05, 0.1) is 35.1 Å². The van der Waals surface area contributed by atoms with E-state index in [0.29, 0.717) is 45.0 Å². The zero-order chi connectivity index (χ0) is 21.0. The molecule has 1 atom stereocenters. The number of para-hydroxylation sites is 3. The smallest absolute Gasteiger partial charge is 0.224 e. The van der Waals surface area contributed by atoms with Gasteiger partial charge in [0.2, 0.25) is 11.8 Å². The molecule has 1 fully saturated rings. The van der Waals surface area contributed by atoms with Crippen molar-refractivity contribution in [3.05, 3.63) is 60.7 Å². The fourth-order valence-corrected chi connectivity index (χ4v) is 3.82. The second-order valence-electron chi connectivity index (χ2n) is 7.54. The normalized spacial score (nSPS) is 16.6. The maximum absolute atomic E-state index is 12.7. The van der Waals surface area contributed by atoms with Crippen LogP contribution in [0.2, 0.25) is 0 Å². The summed E-state index contributed by atoms with van der Waals surface area (Å²) in [5.41, 5.74) is 2.75.